The first-order chi connectivity index (χ1) is 28.7. The molecule has 0 atom stereocenters. The Labute approximate surface area is 341 Å². The number of hydrogen-bond donors (Lipinski definition) is 0. The van der Waals surface area contributed by atoms with Gasteiger partial charge in [0.05, 0.1) is 5.41 Å². The second-order valence-electron chi connectivity index (χ2n) is 15.0. The number of nitrogens with zero attached hydrogens (tertiary/aromatic N) is 2. The molecular formula is C56H42N2. The maximum Gasteiger partial charge on any atom is 0.0715 e. The lowest BCUT2D eigenvalue weighted by Crippen LogP contribution is -2.29. The van der Waals surface area contributed by atoms with Crippen molar-refractivity contribution in [1.82, 2.24) is 0 Å². The monoisotopic (exact) mass is 742 g/mol. The number of anilines is 6. The van der Waals surface area contributed by atoms with Gasteiger partial charge in [-0.2, -0.15) is 0 Å². The molecule has 0 bridgehead atoms. The Morgan fingerprint density at radius 3 is 1.16 bits per heavy atom. The Kier molecular flexibility index (Phi) is 9.01. The second kappa shape index (κ2) is 14.9. The molecule has 9 aromatic carbocycles. The van der Waals surface area contributed by atoms with Crippen LogP contribution in [0.1, 0.15) is 27.8 Å². The molecule has 0 aromatic heterocycles. The highest BCUT2D eigenvalue weighted by molar-refractivity contribution is 5.92. The fraction of sp³-hybridized carbons (Fsp3) is 0.0357. The molecule has 2 heteroatoms. The largest absolute Gasteiger partial charge is 0.310 e. The van der Waals surface area contributed by atoms with Crippen molar-refractivity contribution in [3.05, 3.63) is 264 Å². The molecule has 0 saturated carbocycles. The van der Waals surface area contributed by atoms with Gasteiger partial charge in [-0.3, -0.25) is 0 Å². The molecule has 58 heavy (non-hydrogen) atoms. The van der Waals surface area contributed by atoms with Gasteiger partial charge in [-0.25, -0.2) is 0 Å². The molecule has 10 rings (SSSR count). The van der Waals surface area contributed by atoms with E-state index in [9.17, 15) is 0 Å². The Balaban J connectivity index is 1.23. The summed E-state index contributed by atoms with van der Waals surface area (Å²) >= 11 is 0. The number of hydrogen-bond acceptors (Lipinski definition) is 2. The minimum absolute atomic E-state index is 0.609. The predicted molar refractivity (Wildman–Crippen MR) is 243 cm³/mol. The normalized spacial score (nSPS) is 12.4. The van der Waals surface area contributed by atoms with Gasteiger partial charge >= 0.3 is 0 Å². The zero-order valence-corrected chi connectivity index (χ0v) is 32.4. The lowest BCUT2D eigenvalue weighted by Gasteiger charge is -2.35. The van der Waals surface area contributed by atoms with Crippen LogP contribution in [0.4, 0.5) is 34.1 Å². The summed E-state index contributed by atoms with van der Waals surface area (Å²) in [6.45, 7) is 2.16. The van der Waals surface area contributed by atoms with Crippen LogP contribution in [0, 0.1) is 6.92 Å². The van der Waals surface area contributed by atoms with Crippen LogP contribution in [0.2, 0.25) is 0 Å². The van der Waals surface area contributed by atoms with E-state index in [1.165, 1.54) is 50.1 Å². The molecule has 0 amide bonds. The van der Waals surface area contributed by atoms with Crippen LogP contribution in [-0.4, -0.2) is 0 Å². The average molecular weight is 743 g/mol. The fourth-order valence-corrected chi connectivity index (χ4v) is 9.01. The molecule has 2 nitrogen and oxygen atoms in total. The molecule has 0 aliphatic heterocycles. The summed E-state index contributed by atoms with van der Waals surface area (Å²) in [4.78, 5) is 4.79. The van der Waals surface area contributed by atoms with Crippen LogP contribution in [0.3, 0.4) is 0 Å². The van der Waals surface area contributed by atoms with Crippen molar-refractivity contribution < 1.29 is 0 Å². The summed E-state index contributed by atoms with van der Waals surface area (Å²) in [5.74, 6) is 0. The number of benzene rings is 9. The van der Waals surface area contributed by atoms with Crippen LogP contribution < -0.4 is 9.80 Å². The number of para-hydroxylation sites is 2. The highest BCUT2D eigenvalue weighted by Gasteiger charge is 2.47. The number of aryl methyl sites for hydroxylation is 1. The molecule has 1 aliphatic carbocycles. The van der Waals surface area contributed by atoms with Crippen LogP contribution >= 0.6 is 0 Å². The maximum atomic E-state index is 2.45. The van der Waals surface area contributed by atoms with E-state index in [1.807, 2.05) is 0 Å². The smallest absolute Gasteiger partial charge is 0.0715 e. The van der Waals surface area contributed by atoms with Gasteiger partial charge in [-0.05, 0) is 130 Å². The third-order valence-electron chi connectivity index (χ3n) is 11.5. The number of rotatable bonds is 9. The van der Waals surface area contributed by atoms with Crippen molar-refractivity contribution in [2.75, 3.05) is 9.80 Å². The van der Waals surface area contributed by atoms with Crippen molar-refractivity contribution >= 4 is 34.1 Å². The molecule has 0 unspecified atom stereocenters. The summed E-state index contributed by atoms with van der Waals surface area (Å²) in [6, 6.07) is 86.2. The van der Waals surface area contributed by atoms with E-state index in [-0.39, 0.29) is 0 Å². The summed E-state index contributed by atoms with van der Waals surface area (Å²) in [5.41, 5.74) is 17.1. The molecule has 0 saturated heterocycles. The minimum Gasteiger partial charge on any atom is -0.310 e. The van der Waals surface area contributed by atoms with E-state index in [2.05, 4.69) is 253 Å². The minimum atomic E-state index is -0.609. The standard InChI is InChI=1S/C56H42N2/c1-41-19-17-31-48(37-41)57(46-27-13-5-14-28-46)50-33-35-52-53-36-34-51(40-55(53)56(54(52)39-50,44-23-9-3-10-24-44)45-25-11-4-12-26-45)58(47-29-15-6-16-30-47)49-32-18-22-43(38-49)42-20-7-2-8-21-42/h2-40H,1H3. The van der Waals surface area contributed by atoms with Crippen molar-refractivity contribution in [2.24, 2.45) is 0 Å². The average Bonchev–Trinajstić information content (AvgIpc) is 3.58. The molecule has 1 aliphatic rings. The van der Waals surface area contributed by atoms with Crippen LogP contribution in [0.25, 0.3) is 22.3 Å². The van der Waals surface area contributed by atoms with E-state index in [0.717, 1.165) is 34.1 Å². The van der Waals surface area contributed by atoms with Crippen LogP contribution in [0.5, 0.6) is 0 Å². The van der Waals surface area contributed by atoms with E-state index >= 15 is 0 Å². The van der Waals surface area contributed by atoms with Gasteiger partial charge in [0, 0.05) is 34.1 Å². The molecule has 0 heterocycles. The van der Waals surface area contributed by atoms with Gasteiger partial charge < -0.3 is 9.80 Å². The van der Waals surface area contributed by atoms with Crippen molar-refractivity contribution in [2.45, 2.75) is 12.3 Å². The van der Waals surface area contributed by atoms with Crippen LogP contribution in [0.15, 0.2) is 237 Å². The third kappa shape index (κ3) is 6.07. The van der Waals surface area contributed by atoms with Gasteiger partial charge in [0.25, 0.3) is 0 Å². The first-order valence-electron chi connectivity index (χ1n) is 20.0. The van der Waals surface area contributed by atoms with Crippen molar-refractivity contribution in [3.63, 3.8) is 0 Å². The fourth-order valence-electron chi connectivity index (χ4n) is 9.01. The van der Waals surface area contributed by atoms with Gasteiger partial charge in [0.1, 0.15) is 0 Å². The molecule has 0 N–H and O–H groups in total. The Hall–Kier alpha value is -7.42. The lowest BCUT2D eigenvalue weighted by atomic mass is 9.67. The molecular weight excluding hydrogens is 701 g/mol. The third-order valence-corrected chi connectivity index (χ3v) is 11.5. The van der Waals surface area contributed by atoms with E-state index in [0.29, 0.717) is 0 Å². The van der Waals surface area contributed by atoms with Gasteiger partial charge in [-0.15, -0.1) is 0 Å². The predicted octanol–water partition coefficient (Wildman–Crippen LogP) is 15.0. The van der Waals surface area contributed by atoms with E-state index in [4.69, 9.17) is 0 Å². The molecule has 0 fully saturated rings. The van der Waals surface area contributed by atoms with E-state index in [1.54, 1.807) is 0 Å². The lowest BCUT2D eigenvalue weighted by molar-refractivity contribution is 0.768. The van der Waals surface area contributed by atoms with Gasteiger partial charge in [-0.1, -0.05) is 164 Å². The molecule has 0 spiro atoms. The van der Waals surface area contributed by atoms with E-state index < -0.39 is 5.41 Å². The zero-order chi connectivity index (χ0) is 38.9. The summed E-state index contributed by atoms with van der Waals surface area (Å²) < 4.78 is 0. The quantitative estimate of drug-likeness (QED) is 0.145. The zero-order valence-electron chi connectivity index (χ0n) is 32.4. The first kappa shape index (κ1) is 35.0. The van der Waals surface area contributed by atoms with Crippen LogP contribution in [-0.2, 0) is 5.41 Å². The Morgan fingerprint density at radius 2 is 0.672 bits per heavy atom. The van der Waals surface area contributed by atoms with Crippen molar-refractivity contribution in [3.8, 4) is 22.3 Å². The first-order valence-corrected chi connectivity index (χ1v) is 20.0. The second-order valence-corrected chi connectivity index (χ2v) is 15.0. The molecule has 276 valence electrons. The van der Waals surface area contributed by atoms with Gasteiger partial charge in [0.15, 0.2) is 0 Å². The number of fused-ring (bicyclic) bond motifs is 3. The SMILES string of the molecule is Cc1cccc(N(c2ccccc2)c2ccc3c(c2)C(c2ccccc2)(c2ccccc2)c2cc(N(c4ccccc4)c4cccc(-c5ccccc5)c4)ccc2-3)c1. The van der Waals surface area contributed by atoms with Crippen molar-refractivity contribution in [1.29, 1.82) is 0 Å². The summed E-state index contributed by atoms with van der Waals surface area (Å²) in [5, 5.41) is 0. The summed E-state index contributed by atoms with van der Waals surface area (Å²) in [7, 11) is 0. The summed E-state index contributed by atoms with van der Waals surface area (Å²) in [6.07, 6.45) is 0. The highest BCUT2D eigenvalue weighted by atomic mass is 15.1. The highest BCUT2D eigenvalue weighted by Crippen LogP contribution is 2.58. The van der Waals surface area contributed by atoms with Gasteiger partial charge in [0.2, 0.25) is 0 Å². The molecule has 9 aromatic rings. The maximum absolute atomic E-state index is 2.45. The topological polar surface area (TPSA) is 6.48 Å². The Morgan fingerprint density at radius 1 is 0.293 bits per heavy atom. The Bertz CT molecular complexity index is 2790. The molecule has 0 radical (unpaired) electrons.